The average molecular weight is 517 g/mol. The highest BCUT2D eigenvalue weighted by Crippen LogP contribution is 2.36. The van der Waals surface area contributed by atoms with Crippen molar-refractivity contribution in [2.24, 2.45) is 0 Å². The third-order valence-corrected chi connectivity index (χ3v) is 7.55. The van der Waals surface area contributed by atoms with E-state index in [9.17, 15) is 14.0 Å². The number of halogens is 1. The number of carbonyl (C=O) groups is 2. The fourth-order valence-corrected chi connectivity index (χ4v) is 5.75. The van der Waals surface area contributed by atoms with Crippen LogP contribution in [0.2, 0.25) is 0 Å². The second kappa shape index (κ2) is 10.9. The van der Waals surface area contributed by atoms with Crippen LogP contribution in [-0.4, -0.2) is 39.5 Å². The number of anilines is 1. The van der Waals surface area contributed by atoms with Crippen LogP contribution in [0.25, 0.3) is 21.8 Å². The van der Waals surface area contributed by atoms with E-state index in [4.69, 9.17) is 4.74 Å². The lowest BCUT2D eigenvalue weighted by atomic mass is 10.0. The van der Waals surface area contributed by atoms with E-state index in [-0.39, 0.29) is 23.0 Å². The van der Waals surface area contributed by atoms with Gasteiger partial charge < -0.3 is 14.6 Å². The first kappa shape index (κ1) is 24.1. The van der Waals surface area contributed by atoms with Gasteiger partial charge in [-0.05, 0) is 35.6 Å². The van der Waals surface area contributed by atoms with Crippen LogP contribution >= 0.6 is 34.4 Å². The number of esters is 1. The molecule has 1 aromatic carbocycles. The van der Waals surface area contributed by atoms with Gasteiger partial charge in [-0.15, -0.1) is 32.9 Å². The molecule has 7 nitrogen and oxygen atoms in total. The molecule has 11 heteroatoms. The number of benzene rings is 1. The van der Waals surface area contributed by atoms with Gasteiger partial charge in [0.25, 0.3) is 0 Å². The number of nitrogens with zero attached hydrogens (tertiary/aromatic N) is 3. The number of methoxy groups -OCH3 is 1. The predicted octanol–water partition coefficient (Wildman–Crippen LogP) is 5.80. The highest BCUT2D eigenvalue weighted by atomic mass is 32.2. The van der Waals surface area contributed by atoms with Crippen LogP contribution in [-0.2, 0) is 16.1 Å². The lowest BCUT2D eigenvalue weighted by molar-refractivity contribution is -0.113. The summed E-state index contributed by atoms with van der Waals surface area (Å²) in [6.45, 7) is 2.81. The van der Waals surface area contributed by atoms with Crippen LogP contribution < -0.4 is 5.32 Å². The molecule has 0 fully saturated rings. The Morgan fingerprint density at radius 1 is 1.18 bits per heavy atom. The van der Waals surface area contributed by atoms with E-state index in [1.165, 1.54) is 42.3 Å². The molecule has 0 aliphatic heterocycles. The zero-order chi connectivity index (χ0) is 24.1. The lowest BCUT2D eigenvalue weighted by Crippen LogP contribution is -2.16. The molecule has 4 rings (SSSR count). The van der Waals surface area contributed by atoms with Gasteiger partial charge >= 0.3 is 5.97 Å². The molecule has 1 N–H and O–H groups in total. The van der Waals surface area contributed by atoms with Crippen molar-refractivity contribution in [2.45, 2.75) is 25.0 Å². The number of nitrogens with one attached hydrogen (secondary N) is 1. The Labute approximate surface area is 208 Å². The highest BCUT2D eigenvalue weighted by Gasteiger charge is 2.23. The van der Waals surface area contributed by atoms with E-state index in [2.05, 4.69) is 22.4 Å². The summed E-state index contributed by atoms with van der Waals surface area (Å²) in [4.78, 5) is 26.3. The van der Waals surface area contributed by atoms with Crippen LogP contribution in [0.15, 0.2) is 52.3 Å². The van der Waals surface area contributed by atoms with Gasteiger partial charge in [-0.1, -0.05) is 36.9 Å². The normalized spacial score (nSPS) is 10.9. The molecule has 0 aliphatic rings. The predicted molar refractivity (Wildman–Crippen MR) is 134 cm³/mol. The van der Waals surface area contributed by atoms with Gasteiger partial charge in [0.15, 0.2) is 11.0 Å². The summed E-state index contributed by atoms with van der Waals surface area (Å²) in [5.41, 5.74) is 1.47. The van der Waals surface area contributed by atoms with Gasteiger partial charge in [-0.3, -0.25) is 4.79 Å². The lowest BCUT2D eigenvalue weighted by Gasteiger charge is -2.09. The van der Waals surface area contributed by atoms with Crippen LogP contribution in [0.1, 0.15) is 23.7 Å². The summed E-state index contributed by atoms with van der Waals surface area (Å²) in [5, 5.41) is 16.2. The quantitative estimate of drug-likeness (QED) is 0.223. The molecule has 0 bridgehead atoms. The van der Waals surface area contributed by atoms with Crippen molar-refractivity contribution < 1.29 is 18.7 Å². The Morgan fingerprint density at radius 3 is 2.65 bits per heavy atom. The molecule has 0 saturated heterocycles. The van der Waals surface area contributed by atoms with Crippen LogP contribution in [0, 0.1) is 5.82 Å². The first-order chi connectivity index (χ1) is 16.5. The number of aromatic nitrogens is 3. The average Bonchev–Trinajstić information content (AvgIpc) is 3.58. The van der Waals surface area contributed by atoms with Gasteiger partial charge in [-0.25, -0.2) is 9.18 Å². The number of thioether (sulfide) groups is 1. The van der Waals surface area contributed by atoms with E-state index in [0.29, 0.717) is 21.3 Å². The van der Waals surface area contributed by atoms with Crippen molar-refractivity contribution in [3.05, 3.63) is 58.5 Å². The van der Waals surface area contributed by atoms with Gasteiger partial charge in [-0.2, -0.15) is 0 Å². The Morgan fingerprint density at radius 2 is 1.97 bits per heavy atom. The number of hydrogen-bond donors (Lipinski definition) is 1. The summed E-state index contributed by atoms with van der Waals surface area (Å²) in [6, 6.07) is 9.75. The smallest absolute Gasteiger partial charge is 0.341 e. The van der Waals surface area contributed by atoms with Crippen molar-refractivity contribution >= 4 is 51.3 Å². The van der Waals surface area contributed by atoms with Crippen LogP contribution in [0.4, 0.5) is 9.39 Å². The van der Waals surface area contributed by atoms with Gasteiger partial charge in [0.05, 0.1) is 17.7 Å². The van der Waals surface area contributed by atoms with E-state index < -0.39 is 5.97 Å². The molecule has 0 saturated carbocycles. The first-order valence-electron chi connectivity index (χ1n) is 10.4. The van der Waals surface area contributed by atoms with E-state index in [1.807, 2.05) is 22.1 Å². The summed E-state index contributed by atoms with van der Waals surface area (Å²) in [5.74, 6) is -0.355. The monoisotopic (exact) mass is 516 g/mol. The second-order valence-corrected chi connectivity index (χ2v) is 9.89. The Kier molecular flexibility index (Phi) is 7.76. The van der Waals surface area contributed by atoms with Crippen molar-refractivity contribution in [3.8, 4) is 21.8 Å². The largest absolute Gasteiger partial charge is 0.465 e. The topological polar surface area (TPSA) is 86.1 Å². The molecule has 3 heterocycles. The molecule has 3 aromatic heterocycles. The molecule has 176 valence electrons. The van der Waals surface area contributed by atoms with Gasteiger partial charge in [0, 0.05) is 17.5 Å². The number of thiophene rings is 2. The van der Waals surface area contributed by atoms with Crippen molar-refractivity contribution in [3.63, 3.8) is 0 Å². The Bertz CT molecular complexity index is 1280. The molecule has 0 unspecified atom stereocenters. The third-order valence-electron chi connectivity index (χ3n) is 4.83. The van der Waals surface area contributed by atoms with Crippen LogP contribution in [0.3, 0.4) is 0 Å². The molecule has 1 amide bonds. The molecule has 0 radical (unpaired) electrons. The summed E-state index contributed by atoms with van der Waals surface area (Å²) in [6.07, 6.45) is 0.903. The Hall–Kier alpha value is -3.02. The van der Waals surface area contributed by atoms with Gasteiger partial charge in [0.1, 0.15) is 16.4 Å². The first-order valence-corrected chi connectivity index (χ1v) is 13.1. The molecular weight excluding hydrogens is 495 g/mol. The summed E-state index contributed by atoms with van der Waals surface area (Å²) < 4.78 is 20.3. The standard InChI is InChI=1S/C23H21FN4O3S3/c1-3-10-28-20(17-5-4-11-32-17)26-27-23(28)34-13-18(29)25-21-19(22(30)31-2)16(12-33-21)14-6-8-15(24)9-7-14/h4-9,11-12H,3,10,13H2,1-2H3,(H,25,29). The number of amides is 1. The van der Waals surface area contributed by atoms with Crippen LogP contribution in [0.5, 0.6) is 0 Å². The fraction of sp³-hybridized carbons (Fsp3) is 0.217. The molecule has 0 atom stereocenters. The minimum Gasteiger partial charge on any atom is -0.465 e. The maximum atomic E-state index is 13.3. The Balaban J connectivity index is 1.51. The molecule has 0 aliphatic carbocycles. The van der Waals surface area contributed by atoms with E-state index >= 15 is 0 Å². The minimum absolute atomic E-state index is 0.0939. The van der Waals surface area contributed by atoms with Crippen molar-refractivity contribution in [1.82, 2.24) is 14.8 Å². The number of hydrogen-bond acceptors (Lipinski definition) is 8. The minimum atomic E-state index is -0.577. The van der Waals surface area contributed by atoms with Gasteiger partial charge in [0.2, 0.25) is 5.91 Å². The zero-order valence-corrected chi connectivity index (χ0v) is 20.9. The maximum Gasteiger partial charge on any atom is 0.341 e. The summed E-state index contributed by atoms with van der Waals surface area (Å²) in [7, 11) is 1.28. The maximum absolute atomic E-state index is 13.3. The van der Waals surface area contributed by atoms with Crippen molar-refractivity contribution in [2.75, 3.05) is 18.2 Å². The molecule has 0 spiro atoms. The fourth-order valence-electron chi connectivity index (χ4n) is 3.30. The van der Waals surface area contributed by atoms with E-state index in [1.54, 1.807) is 28.8 Å². The number of ether oxygens (including phenoxy) is 1. The second-order valence-electron chi connectivity index (χ2n) is 7.12. The highest BCUT2D eigenvalue weighted by molar-refractivity contribution is 7.99. The molecular formula is C23H21FN4O3S3. The SMILES string of the molecule is CCCn1c(SCC(=O)Nc2scc(-c3ccc(F)cc3)c2C(=O)OC)nnc1-c1cccs1. The van der Waals surface area contributed by atoms with Crippen molar-refractivity contribution in [1.29, 1.82) is 0 Å². The third kappa shape index (κ3) is 5.21. The zero-order valence-electron chi connectivity index (χ0n) is 18.4. The molecule has 4 aromatic rings. The number of rotatable bonds is 9. The van der Waals surface area contributed by atoms with E-state index in [0.717, 1.165) is 23.7 Å². The molecule has 34 heavy (non-hydrogen) atoms. The number of carbonyl (C=O) groups excluding carboxylic acids is 2. The summed E-state index contributed by atoms with van der Waals surface area (Å²) >= 11 is 4.09.